The van der Waals surface area contributed by atoms with Gasteiger partial charge in [0.15, 0.2) is 5.82 Å². The number of rotatable bonds is 2. The summed E-state index contributed by atoms with van der Waals surface area (Å²) >= 11 is 0. The van der Waals surface area contributed by atoms with Crippen LogP contribution in [-0.2, 0) is 0 Å². The third-order valence-corrected chi connectivity index (χ3v) is 3.03. The highest BCUT2D eigenvalue weighted by Crippen LogP contribution is 2.25. The first-order valence-electron chi connectivity index (χ1n) is 5.82. The van der Waals surface area contributed by atoms with E-state index >= 15 is 0 Å². The Morgan fingerprint density at radius 1 is 1.40 bits per heavy atom. The molecule has 15 heavy (non-hydrogen) atoms. The second-order valence-corrected chi connectivity index (χ2v) is 4.87. The zero-order valence-corrected chi connectivity index (χ0v) is 9.75. The van der Waals surface area contributed by atoms with E-state index in [2.05, 4.69) is 41.3 Å². The fraction of sp³-hybridized carbons (Fsp3) is 0.818. The maximum atomic E-state index is 4.54. The molecule has 1 aromatic rings. The molecule has 0 saturated carbocycles. The van der Waals surface area contributed by atoms with E-state index in [1.54, 1.807) is 0 Å². The number of aromatic nitrogens is 3. The molecule has 1 aliphatic heterocycles. The Hall–Kier alpha value is -0.900. The Bertz CT molecular complexity index is 318. The summed E-state index contributed by atoms with van der Waals surface area (Å²) in [5, 5.41) is 10.8. The number of aromatic amines is 1. The van der Waals surface area contributed by atoms with Crippen LogP contribution in [0.15, 0.2) is 0 Å². The van der Waals surface area contributed by atoms with Gasteiger partial charge in [0.1, 0.15) is 5.82 Å². The Morgan fingerprint density at radius 3 is 2.80 bits per heavy atom. The van der Waals surface area contributed by atoms with E-state index in [-0.39, 0.29) is 0 Å². The van der Waals surface area contributed by atoms with Gasteiger partial charge in [-0.05, 0) is 25.3 Å². The van der Waals surface area contributed by atoms with Gasteiger partial charge >= 0.3 is 0 Å². The van der Waals surface area contributed by atoms with Crippen molar-refractivity contribution in [3.63, 3.8) is 0 Å². The van der Waals surface area contributed by atoms with E-state index in [9.17, 15) is 0 Å². The fourth-order valence-corrected chi connectivity index (χ4v) is 2.02. The molecule has 2 heterocycles. The molecule has 0 bridgehead atoms. The van der Waals surface area contributed by atoms with Gasteiger partial charge in [-0.2, -0.15) is 5.10 Å². The van der Waals surface area contributed by atoms with E-state index in [4.69, 9.17) is 0 Å². The van der Waals surface area contributed by atoms with Crippen molar-refractivity contribution in [1.82, 2.24) is 20.5 Å². The maximum absolute atomic E-state index is 4.54. The van der Waals surface area contributed by atoms with Crippen LogP contribution in [0.1, 0.15) is 57.2 Å². The third kappa shape index (κ3) is 2.37. The highest BCUT2D eigenvalue weighted by atomic mass is 15.2. The van der Waals surface area contributed by atoms with Gasteiger partial charge in [0.05, 0.1) is 6.04 Å². The maximum Gasteiger partial charge on any atom is 0.153 e. The number of nitrogens with one attached hydrogen (secondary N) is 2. The summed E-state index contributed by atoms with van der Waals surface area (Å²) in [4.78, 5) is 4.54. The number of H-pyrrole nitrogens is 1. The SMILES string of the molecule is CC1CCNC(c2nc(C(C)C)n[nH]2)C1. The molecule has 4 heteroatoms. The zero-order chi connectivity index (χ0) is 10.8. The summed E-state index contributed by atoms with van der Waals surface area (Å²) in [6, 6.07) is 0.369. The highest BCUT2D eigenvalue weighted by molar-refractivity contribution is 5.01. The zero-order valence-electron chi connectivity index (χ0n) is 9.75. The van der Waals surface area contributed by atoms with Crippen LogP contribution < -0.4 is 5.32 Å². The first-order chi connectivity index (χ1) is 7.16. The van der Waals surface area contributed by atoms with Gasteiger partial charge < -0.3 is 5.32 Å². The molecule has 2 unspecified atom stereocenters. The minimum Gasteiger partial charge on any atom is -0.307 e. The molecular formula is C11H20N4. The molecule has 4 nitrogen and oxygen atoms in total. The average Bonchev–Trinajstić information content (AvgIpc) is 2.66. The van der Waals surface area contributed by atoms with Crippen LogP contribution in [0.25, 0.3) is 0 Å². The Balaban J connectivity index is 2.08. The third-order valence-electron chi connectivity index (χ3n) is 3.03. The summed E-state index contributed by atoms with van der Waals surface area (Å²) < 4.78 is 0. The minimum atomic E-state index is 0.369. The van der Waals surface area contributed by atoms with Crippen LogP contribution in [-0.4, -0.2) is 21.7 Å². The molecule has 2 atom stereocenters. The standard InChI is InChI=1S/C11H20N4/c1-7(2)10-13-11(15-14-10)9-6-8(3)4-5-12-9/h7-9,12H,4-6H2,1-3H3,(H,13,14,15). The van der Waals surface area contributed by atoms with Crippen molar-refractivity contribution >= 4 is 0 Å². The lowest BCUT2D eigenvalue weighted by Gasteiger charge is -2.26. The van der Waals surface area contributed by atoms with E-state index in [0.717, 1.165) is 30.5 Å². The molecular weight excluding hydrogens is 188 g/mol. The van der Waals surface area contributed by atoms with Gasteiger partial charge in [0, 0.05) is 5.92 Å². The van der Waals surface area contributed by atoms with Crippen molar-refractivity contribution in [3.8, 4) is 0 Å². The summed E-state index contributed by atoms with van der Waals surface area (Å²) in [6.45, 7) is 7.62. The predicted octanol–water partition coefficient (Wildman–Crippen LogP) is 1.99. The average molecular weight is 208 g/mol. The Morgan fingerprint density at radius 2 is 2.20 bits per heavy atom. The van der Waals surface area contributed by atoms with E-state index < -0.39 is 0 Å². The number of hydrogen-bond acceptors (Lipinski definition) is 3. The lowest BCUT2D eigenvalue weighted by Crippen LogP contribution is -2.31. The van der Waals surface area contributed by atoms with Crippen molar-refractivity contribution in [2.24, 2.45) is 5.92 Å². The molecule has 1 aromatic heterocycles. The first-order valence-corrected chi connectivity index (χ1v) is 5.82. The molecule has 2 rings (SSSR count). The molecule has 0 aromatic carbocycles. The highest BCUT2D eigenvalue weighted by Gasteiger charge is 2.22. The summed E-state index contributed by atoms with van der Waals surface area (Å²) in [7, 11) is 0. The van der Waals surface area contributed by atoms with Crippen LogP contribution in [0, 0.1) is 5.92 Å². The molecule has 84 valence electrons. The normalized spacial score (nSPS) is 27.2. The predicted molar refractivity (Wildman–Crippen MR) is 59.6 cm³/mol. The van der Waals surface area contributed by atoms with Crippen LogP contribution >= 0.6 is 0 Å². The Labute approximate surface area is 90.9 Å². The number of piperidine rings is 1. The smallest absolute Gasteiger partial charge is 0.153 e. The monoisotopic (exact) mass is 208 g/mol. The fourth-order valence-electron chi connectivity index (χ4n) is 2.02. The quantitative estimate of drug-likeness (QED) is 0.781. The van der Waals surface area contributed by atoms with E-state index in [1.807, 2.05) is 0 Å². The van der Waals surface area contributed by atoms with E-state index in [1.165, 1.54) is 6.42 Å². The molecule has 1 fully saturated rings. The van der Waals surface area contributed by atoms with Gasteiger partial charge in [-0.1, -0.05) is 20.8 Å². The molecule has 0 aliphatic carbocycles. The minimum absolute atomic E-state index is 0.369. The summed E-state index contributed by atoms with van der Waals surface area (Å²) in [6.07, 6.45) is 2.43. The van der Waals surface area contributed by atoms with E-state index in [0.29, 0.717) is 12.0 Å². The molecule has 1 aliphatic rings. The lowest BCUT2D eigenvalue weighted by atomic mass is 9.94. The molecule has 0 amide bonds. The number of hydrogen-bond donors (Lipinski definition) is 2. The van der Waals surface area contributed by atoms with Gasteiger partial charge in [0.2, 0.25) is 0 Å². The molecule has 2 N–H and O–H groups in total. The molecule has 0 spiro atoms. The van der Waals surface area contributed by atoms with Crippen molar-refractivity contribution in [2.75, 3.05) is 6.54 Å². The van der Waals surface area contributed by atoms with Crippen LogP contribution in [0.4, 0.5) is 0 Å². The van der Waals surface area contributed by atoms with Crippen molar-refractivity contribution in [2.45, 2.75) is 45.6 Å². The number of nitrogens with zero attached hydrogens (tertiary/aromatic N) is 2. The van der Waals surface area contributed by atoms with Gasteiger partial charge in [-0.15, -0.1) is 0 Å². The van der Waals surface area contributed by atoms with Gasteiger partial charge in [0.25, 0.3) is 0 Å². The second-order valence-electron chi connectivity index (χ2n) is 4.87. The van der Waals surface area contributed by atoms with Crippen molar-refractivity contribution in [1.29, 1.82) is 0 Å². The summed E-state index contributed by atoms with van der Waals surface area (Å²) in [5.74, 6) is 3.11. The lowest BCUT2D eigenvalue weighted by molar-refractivity contribution is 0.316. The largest absolute Gasteiger partial charge is 0.307 e. The second kappa shape index (κ2) is 4.31. The van der Waals surface area contributed by atoms with Crippen LogP contribution in [0.3, 0.4) is 0 Å². The molecule has 0 radical (unpaired) electrons. The van der Waals surface area contributed by atoms with Crippen molar-refractivity contribution < 1.29 is 0 Å². The van der Waals surface area contributed by atoms with Crippen molar-refractivity contribution in [3.05, 3.63) is 11.6 Å². The van der Waals surface area contributed by atoms with Gasteiger partial charge in [-0.3, -0.25) is 5.10 Å². The molecule has 1 saturated heterocycles. The summed E-state index contributed by atoms with van der Waals surface area (Å²) in [5.41, 5.74) is 0. The van der Waals surface area contributed by atoms with Gasteiger partial charge in [-0.25, -0.2) is 4.98 Å². The first kappa shape index (κ1) is 10.6. The van der Waals surface area contributed by atoms with Crippen LogP contribution in [0.2, 0.25) is 0 Å². The topological polar surface area (TPSA) is 53.6 Å². The van der Waals surface area contributed by atoms with Crippen LogP contribution in [0.5, 0.6) is 0 Å². The Kier molecular flexibility index (Phi) is 3.05.